The molecule has 1 aliphatic rings. The number of para-hydroxylation sites is 1. The number of rotatable bonds is 5. The van der Waals surface area contributed by atoms with Crippen LogP contribution < -0.4 is 4.90 Å². The summed E-state index contributed by atoms with van der Waals surface area (Å²) in [5.74, 6) is 1.85. The average Bonchev–Trinajstić information content (AvgIpc) is 3.16. The van der Waals surface area contributed by atoms with Crippen LogP contribution in [0.2, 0.25) is 5.02 Å². The van der Waals surface area contributed by atoms with Gasteiger partial charge in [-0.3, -0.25) is 9.47 Å². The molecule has 4 aromatic rings. The number of aromatic nitrogens is 4. The molecule has 6 nitrogen and oxygen atoms in total. The van der Waals surface area contributed by atoms with Crippen LogP contribution in [0.1, 0.15) is 5.56 Å². The van der Waals surface area contributed by atoms with Gasteiger partial charge in [0.25, 0.3) is 0 Å². The second-order valence-corrected chi connectivity index (χ2v) is 8.97. The molecule has 1 aliphatic heterocycles. The van der Waals surface area contributed by atoms with Crippen LogP contribution in [0, 0.1) is 11.7 Å². The molecule has 0 saturated carbocycles. The maximum atomic E-state index is 6.13. The van der Waals surface area contributed by atoms with Crippen molar-refractivity contribution in [2.75, 3.05) is 31.1 Å². The van der Waals surface area contributed by atoms with E-state index in [1.807, 2.05) is 59.4 Å². The van der Waals surface area contributed by atoms with Crippen molar-refractivity contribution in [1.82, 2.24) is 24.2 Å². The summed E-state index contributed by atoms with van der Waals surface area (Å²) >= 11 is 12.1. The van der Waals surface area contributed by atoms with E-state index in [0.29, 0.717) is 16.5 Å². The molecule has 2 aromatic carbocycles. The predicted octanol–water partition coefficient (Wildman–Crippen LogP) is 5.21. The number of hydrogen-bond acceptors (Lipinski definition) is 5. The van der Waals surface area contributed by atoms with Gasteiger partial charge >= 0.3 is 0 Å². The van der Waals surface area contributed by atoms with E-state index in [9.17, 15) is 0 Å². The summed E-state index contributed by atoms with van der Waals surface area (Å²) in [5.41, 5.74) is 3.17. The van der Waals surface area contributed by atoms with Gasteiger partial charge in [0.15, 0.2) is 5.82 Å². The number of piperazine rings is 1. The van der Waals surface area contributed by atoms with E-state index < -0.39 is 0 Å². The fourth-order valence-corrected chi connectivity index (χ4v) is 4.58. The van der Waals surface area contributed by atoms with Gasteiger partial charge in [-0.2, -0.15) is 0 Å². The van der Waals surface area contributed by atoms with Gasteiger partial charge < -0.3 is 4.90 Å². The van der Waals surface area contributed by atoms with Crippen molar-refractivity contribution in [3.63, 3.8) is 0 Å². The van der Waals surface area contributed by atoms with Crippen molar-refractivity contribution in [3.8, 4) is 17.1 Å². The number of aryl methyl sites for hydroxylation is 1. The quantitative estimate of drug-likeness (QED) is 0.370. The van der Waals surface area contributed by atoms with Crippen LogP contribution in [0.3, 0.4) is 0 Å². The van der Waals surface area contributed by atoms with Gasteiger partial charge in [-0.1, -0.05) is 35.9 Å². The standard InChI is InChI=1S/C25H25ClN6S/c1-19-6-2-3-7-22(19)32-24(20-9-11-21(26)12-10-20)28-31(25(32)33)18-29-14-16-30(17-15-29)23-8-4-5-13-27-23/h2-13H,14-18H2,1H3. The van der Waals surface area contributed by atoms with Crippen molar-refractivity contribution in [1.29, 1.82) is 0 Å². The van der Waals surface area contributed by atoms with Crippen LogP contribution in [0.25, 0.3) is 17.1 Å². The molecule has 1 saturated heterocycles. The summed E-state index contributed by atoms with van der Waals surface area (Å²) in [6.07, 6.45) is 1.84. The smallest absolute Gasteiger partial charge is 0.204 e. The molecule has 168 valence electrons. The van der Waals surface area contributed by atoms with Gasteiger partial charge in [0, 0.05) is 43.0 Å². The first-order valence-corrected chi connectivity index (χ1v) is 11.8. The predicted molar refractivity (Wildman–Crippen MR) is 136 cm³/mol. The lowest BCUT2D eigenvalue weighted by Gasteiger charge is -2.35. The van der Waals surface area contributed by atoms with Crippen LogP contribution in [0.5, 0.6) is 0 Å². The summed E-state index contributed by atoms with van der Waals surface area (Å²) in [4.78, 5) is 9.19. The third-order valence-corrected chi connectivity index (χ3v) is 6.62. The molecule has 5 rings (SSSR count). The van der Waals surface area contributed by atoms with E-state index in [1.165, 1.54) is 0 Å². The Hall–Kier alpha value is -3.00. The lowest BCUT2D eigenvalue weighted by atomic mass is 10.1. The Morgan fingerprint density at radius 3 is 2.33 bits per heavy atom. The van der Waals surface area contributed by atoms with E-state index >= 15 is 0 Å². The summed E-state index contributed by atoms with van der Waals surface area (Å²) in [5, 5.41) is 5.66. The largest absolute Gasteiger partial charge is 0.354 e. The molecule has 0 radical (unpaired) electrons. The minimum Gasteiger partial charge on any atom is -0.354 e. The van der Waals surface area contributed by atoms with Gasteiger partial charge in [-0.05, 0) is 67.2 Å². The molecular weight excluding hydrogens is 452 g/mol. The SMILES string of the molecule is Cc1ccccc1-n1c(-c2ccc(Cl)cc2)nn(CN2CCN(c3ccccn3)CC2)c1=S. The highest BCUT2D eigenvalue weighted by molar-refractivity contribution is 7.71. The molecule has 0 atom stereocenters. The fraction of sp³-hybridized carbons (Fsp3) is 0.240. The number of nitrogens with zero attached hydrogens (tertiary/aromatic N) is 6. The molecule has 0 aliphatic carbocycles. The Labute approximate surface area is 203 Å². The Morgan fingerprint density at radius 1 is 0.909 bits per heavy atom. The third kappa shape index (κ3) is 4.57. The third-order valence-electron chi connectivity index (χ3n) is 5.98. The van der Waals surface area contributed by atoms with Crippen LogP contribution in [0.4, 0.5) is 5.82 Å². The molecular formula is C25H25ClN6S. The molecule has 0 spiro atoms. The normalized spacial score (nSPS) is 14.5. The van der Waals surface area contributed by atoms with Crippen molar-refractivity contribution in [3.05, 3.63) is 88.3 Å². The molecule has 0 N–H and O–H groups in total. The minimum absolute atomic E-state index is 0.647. The number of halogens is 1. The zero-order chi connectivity index (χ0) is 22.8. The molecule has 0 unspecified atom stereocenters. The van der Waals surface area contributed by atoms with E-state index in [2.05, 4.69) is 44.5 Å². The molecule has 3 heterocycles. The van der Waals surface area contributed by atoms with Crippen LogP contribution >= 0.6 is 23.8 Å². The zero-order valence-electron chi connectivity index (χ0n) is 18.4. The Morgan fingerprint density at radius 2 is 1.64 bits per heavy atom. The molecule has 0 amide bonds. The summed E-state index contributed by atoms with van der Waals surface area (Å²) in [6.45, 7) is 6.43. The van der Waals surface area contributed by atoms with Gasteiger partial charge in [-0.25, -0.2) is 9.67 Å². The number of benzene rings is 2. The van der Waals surface area contributed by atoms with Crippen LogP contribution in [-0.4, -0.2) is 50.4 Å². The van der Waals surface area contributed by atoms with Crippen molar-refractivity contribution < 1.29 is 0 Å². The minimum atomic E-state index is 0.647. The Bertz CT molecular complexity index is 1290. The average molecular weight is 477 g/mol. The molecule has 2 aromatic heterocycles. The first kappa shape index (κ1) is 21.8. The highest BCUT2D eigenvalue weighted by atomic mass is 35.5. The molecule has 1 fully saturated rings. The summed E-state index contributed by atoms with van der Waals surface area (Å²) in [6, 6.07) is 22.0. The Balaban J connectivity index is 1.44. The maximum Gasteiger partial charge on any atom is 0.204 e. The summed E-state index contributed by atoms with van der Waals surface area (Å²) in [7, 11) is 0. The van der Waals surface area contributed by atoms with Gasteiger partial charge in [0.05, 0.1) is 12.4 Å². The Kier molecular flexibility index (Phi) is 6.26. The van der Waals surface area contributed by atoms with E-state index in [1.54, 1.807) is 0 Å². The monoisotopic (exact) mass is 476 g/mol. The van der Waals surface area contributed by atoms with Crippen molar-refractivity contribution >= 4 is 29.6 Å². The number of anilines is 1. The maximum absolute atomic E-state index is 6.13. The fourth-order valence-electron chi connectivity index (χ4n) is 4.17. The van der Waals surface area contributed by atoms with Crippen molar-refractivity contribution in [2.24, 2.45) is 0 Å². The molecule has 8 heteroatoms. The second kappa shape index (κ2) is 9.47. The first-order valence-electron chi connectivity index (χ1n) is 11.0. The lowest BCUT2D eigenvalue weighted by molar-refractivity contribution is 0.194. The van der Waals surface area contributed by atoms with Gasteiger partial charge in [0.2, 0.25) is 4.77 Å². The highest BCUT2D eigenvalue weighted by Gasteiger charge is 2.21. The second-order valence-electron chi connectivity index (χ2n) is 8.17. The van der Waals surface area contributed by atoms with E-state index in [-0.39, 0.29) is 0 Å². The number of pyridine rings is 1. The first-order chi connectivity index (χ1) is 16.1. The summed E-state index contributed by atoms with van der Waals surface area (Å²) < 4.78 is 4.68. The number of hydrogen-bond donors (Lipinski definition) is 0. The van der Waals surface area contributed by atoms with Crippen molar-refractivity contribution in [2.45, 2.75) is 13.6 Å². The zero-order valence-corrected chi connectivity index (χ0v) is 20.0. The highest BCUT2D eigenvalue weighted by Crippen LogP contribution is 2.26. The van der Waals surface area contributed by atoms with Crippen LogP contribution in [0.15, 0.2) is 72.9 Å². The van der Waals surface area contributed by atoms with E-state index in [4.69, 9.17) is 28.9 Å². The molecule has 33 heavy (non-hydrogen) atoms. The van der Waals surface area contributed by atoms with E-state index in [0.717, 1.165) is 54.6 Å². The van der Waals surface area contributed by atoms with Gasteiger partial charge in [-0.15, -0.1) is 5.10 Å². The molecule has 0 bridgehead atoms. The lowest BCUT2D eigenvalue weighted by Crippen LogP contribution is -2.47. The topological polar surface area (TPSA) is 42.1 Å². The van der Waals surface area contributed by atoms with Crippen LogP contribution in [-0.2, 0) is 6.67 Å². The van der Waals surface area contributed by atoms with Gasteiger partial charge in [0.1, 0.15) is 5.82 Å².